The lowest BCUT2D eigenvalue weighted by molar-refractivity contribution is -0.139. The molecule has 3 aromatic carbocycles. The van der Waals surface area contributed by atoms with Gasteiger partial charge in [0.1, 0.15) is 18.1 Å². The predicted molar refractivity (Wildman–Crippen MR) is 152 cm³/mol. The number of nitrogens with zero attached hydrogens (tertiary/aromatic N) is 3. The van der Waals surface area contributed by atoms with Crippen LogP contribution in [0, 0.1) is 6.92 Å². The van der Waals surface area contributed by atoms with Gasteiger partial charge in [0.25, 0.3) is 11.7 Å². The number of aryl methyl sites for hydroxylation is 2. The van der Waals surface area contributed by atoms with E-state index in [0.29, 0.717) is 36.4 Å². The van der Waals surface area contributed by atoms with Crippen LogP contribution in [0.4, 0.5) is 0 Å². The van der Waals surface area contributed by atoms with Crippen LogP contribution in [-0.4, -0.2) is 50.0 Å². The summed E-state index contributed by atoms with van der Waals surface area (Å²) < 4.78 is 13.1. The summed E-state index contributed by atoms with van der Waals surface area (Å²) in [5.74, 6) is -1.05. The number of aromatic hydroxyl groups is 1. The van der Waals surface area contributed by atoms with Gasteiger partial charge in [0.15, 0.2) is 11.5 Å². The lowest BCUT2D eigenvalue weighted by Gasteiger charge is -2.26. The van der Waals surface area contributed by atoms with Gasteiger partial charge in [-0.3, -0.25) is 9.59 Å². The minimum atomic E-state index is -0.871. The van der Waals surface area contributed by atoms with Crippen LogP contribution in [0.5, 0.6) is 17.2 Å². The van der Waals surface area contributed by atoms with Crippen LogP contribution in [0.3, 0.4) is 0 Å². The summed E-state index contributed by atoms with van der Waals surface area (Å²) in [6.45, 7) is 3.27. The maximum Gasteiger partial charge on any atom is 0.295 e. The fourth-order valence-electron chi connectivity index (χ4n) is 5.00. The van der Waals surface area contributed by atoms with E-state index < -0.39 is 17.7 Å². The maximum atomic E-state index is 13.4. The molecule has 1 atom stereocenters. The van der Waals surface area contributed by atoms with Gasteiger partial charge >= 0.3 is 0 Å². The van der Waals surface area contributed by atoms with E-state index in [4.69, 9.17) is 9.47 Å². The average Bonchev–Trinajstić information content (AvgIpc) is 3.59. The summed E-state index contributed by atoms with van der Waals surface area (Å²) in [6, 6.07) is 18.5. The van der Waals surface area contributed by atoms with E-state index in [9.17, 15) is 19.8 Å². The molecule has 1 aliphatic rings. The van der Waals surface area contributed by atoms with E-state index in [1.54, 1.807) is 48.9 Å². The topological polar surface area (TPSA) is 114 Å². The summed E-state index contributed by atoms with van der Waals surface area (Å²) in [5.41, 5.74) is 3.06. The highest BCUT2D eigenvalue weighted by molar-refractivity contribution is 6.46. The van der Waals surface area contributed by atoms with Crippen LogP contribution in [0.1, 0.15) is 34.7 Å². The number of methoxy groups -OCH3 is 1. The van der Waals surface area contributed by atoms with Crippen LogP contribution in [0.15, 0.2) is 91.0 Å². The normalized spacial score (nSPS) is 16.2. The summed E-state index contributed by atoms with van der Waals surface area (Å²) in [7, 11) is 1.42. The molecular weight excluding hydrogens is 522 g/mol. The standard InChI is InChI=1S/C32H31N3O6/c1-21-5-3-6-22(17-21)19-41-25-10-7-23(8-11-25)30(37)28-29(24-9-12-26(36)27(18-24)40-2)35(32(39)31(28)38)15-4-14-34-16-13-33-20-34/h3,5-13,16-18,20,29,36-37H,4,14-15,19H2,1-2H3/t29-/m0/s1. The van der Waals surface area contributed by atoms with Crippen LogP contribution < -0.4 is 9.47 Å². The number of phenolic OH excluding ortho intramolecular Hbond substituents is 1. The molecule has 1 aliphatic heterocycles. The van der Waals surface area contributed by atoms with E-state index in [1.165, 1.54) is 18.1 Å². The van der Waals surface area contributed by atoms with E-state index in [1.807, 2.05) is 42.0 Å². The van der Waals surface area contributed by atoms with Crippen molar-refractivity contribution in [3.05, 3.63) is 113 Å². The molecule has 1 saturated heterocycles. The molecule has 2 N–H and O–H groups in total. The summed E-state index contributed by atoms with van der Waals surface area (Å²) in [6.07, 6.45) is 5.74. The lowest BCUT2D eigenvalue weighted by Crippen LogP contribution is -2.31. The van der Waals surface area contributed by atoms with Gasteiger partial charge in [-0.25, -0.2) is 4.98 Å². The Morgan fingerprint density at radius 3 is 2.54 bits per heavy atom. The highest BCUT2D eigenvalue weighted by atomic mass is 16.5. The molecule has 41 heavy (non-hydrogen) atoms. The highest BCUT2D eigenvalue weighted by Crippen LogP contribution is 2.42. The summed E-state index contributed by atoms with van der Waals surface area (Å²) in [5, 5.41) is 21.5. The zero-order valence-electron chi connectivity index (χ0n) is 22.9. The third-order valence-electron chi connectivity index (χ3n) is 7.05. The van der Waals surface area contributed by atoms with Gasteiger partial charge < -0.3 is 29.2 Å². The molecule has 1 fully saturated rings. The first-order chi connectivity index (χ1) is 19.9. The van der Waals surface area contributed by atoms with Gasteiger partial charge in [-0.2, -0.15) is 0 Å². The number of imidazole rings is 1. The Hall–Kier alpha value is -5.05. The maximum absolute atomic E-state index is 13.4. The number of rotatable bonds is 10. The van der Waals surface area contributed by atoms with Crippen molar-refractivity contribution in [2.75, 3.05) is 13.7 Å². The number of carbonyl (C=O) groups excluding carboxylic acids is 2. The Kier molecular flexibility index (Phi) is 8.05. The van der Waals surface area contributed by atoms with Crippen LogP contribution in [-0.2, 0) is 22.7 Å². The van der Waals surface area contributed by atoms with Gasteiger partial charge in [0, 0.05) is 31.0 Å². The number of ketones is 1. The molecule has 0 radical (unpaired) electrons. The molecule has 0 aliphatic carbocycles. The fraction of sp³-hybridized carbons (Fsp3) is 0.219. The highest BCUT2D eigenvalue weighted by Gasteiger charge is 2.46. The molecule has 5 rings (SSSR count). The number of aromatic nitrogens is 2. The fourth-order valence-corrected chi connectivity index (χ4v) is 5.00. The van der Waals surface area contributed by atoms with Crippen molar-refractivity contribution >= 4 is 17.4 Å². The minimum Gasteiger partial charge on any atom is -0.507 e. The number of hydrogen-bond acceptors (Lipinski definition) is 7. The number of carbonyl (C=O) groups is 2. The Bertz CT molecular complexity index is 1580. The Labute approximate surface area is 237 Å². The van der Waals surface area contributed by atoms with Crippen molar-refractivity contribution in [3.63, 3.8) is 0 Å². The zero-order valence-corrected chi connectivity index (χ0v) is 22.9. The monoisotopic (exact) mass is 553 g/mol. The number of amides is 1. The molecular formula is C32H31N3O6. The summed E-state index contributed by atoms with van der Waals surface area (Å²) >= 11 is 0. The first-order valence-corrected chi connectivity index (χ1v) is 13.3. The number of benzene rings is 3. The van der Waals surface area contributed by atoms with Crippen LogP contribution >= 0.6 is 0 Å². The molecule has 0 saturated carbocycles. The average molecular weight is 554 g/mol. The van der Waals surface area contributed by atoms with Gasteiger partial charge in [0.05, 0.1) is 25.1 Å². The van der Waals surface area contributed by atoms with E-state index in [-0.39, 0.29) is 29.4 Å². The number of ether oxygens (including phenoxy) is 2. The number of Topliss-reactive ketones (excluding diaryl/α,β-unsaturated/α-hetero) is 1. The molecule has 0 bridgehead atoms. The second-order valence-electron chi connectivity index (χ2n) is 9.88. The molecule has 4 aromatic rings. The third kappa shape index (κ3) is 5.94. The van der Waals surface area contributed by atoms with Gasteiger partial charge in [-0.15, -0.1) is 0 Å². The van der Waals surface area contributed by atoms with Crippen molar-refractivity contribution in [2.45, 2.75) is 32.5 Å². The van der Waals surface area contributed by atoms with Crippen LogP contribution in [0.25, 0.3) is 5.76 Å². The second kappa shape index (κ2) is 12.0. The largest absolute Gasteiger partial charge is 0.507 e. The Morgan fingerprint density at radius 1 is 1.02 bits per heavy atom. The van der Waals surface area contributed by atoms with E-state index in [0.717, 1.165) is 11.1 Å². The number of aliphatic hydroxyl groups is 1. The van der Waals surface area contributed by atoms with Crippen molar-refractivity contribution in [3.8, 4) is 17.2 Å². The number of hydrogen-bond donors (Lipinski definition) is 2. The molecule has 210 valence electrons. The van der Waals surface area contributed by atoms with Gasteiger partial charge in [-0.1, -0.05) is 35.9 Å². The van der Waals surface area contributed by atoms with Crippen molar-refractivity contribution in [1.82, 2.24) is 14.5 Å². The van der Waals surface area contributed by atoms with E-state index >= 15 is 0 Å². The Morgan fingerprint density at radius 2 is 1.83 bits per heavy atom. The third-order valence-corrected chi connectivity index (χ3v) is 7.05. The molecule has 1 aromatic heterocycles. The quantitative estimate of drug-likeness (QED) is 0.161. The van der Waals surface area contributed by atoms with Crippen molar-refractivity contribution in [1.29, 1.82) is 0 Å². The first-order valence-electron chi connectivity index (χ1n) is 13.3. The number of phenols is 1. The molecule has 9 heteroatoms. The van der Waals surface area contributed by atoms with Gasteiger partial charge in [-0.05, 0) is 60.9 Å². The first kappa shape index (κ1) is 27.5. The lowest BCUT2D eigenvalue weighted by atomic mass is 9.95. The van der Waals surface area contributed by atoms with E-state index in [2.05, 4.69) is 4.98 Å². The molecule has 1 amide bonds. The molecule has 9 nitrogen and oxygen atoms in total. The predicted octanol–water partition coefficient (Wildman–Crippen LogP) is 5.00. The smallest absolute Gasteiger partial charge is 0.295 e. The number of likely N-dealkylation sites (tertiary alicyclic amines) is 1. The number of aliphatic hydroxyl groups excluding tert-OH is 1. The SMILES string of the molecule is COc1cc([C@H]2C(=C(O)c3ccc(OCc4cccc(C)c4)cc3)C(=O)C(=O)N2CCCn2ccnc2)ccc1O. The van der Waals surface area contributed by atoms with Crippen LogP contribution in [0.2, 0.25) is 0 Å². The Balaban J connectivity index is 1.44. The molecule has 0 spiro atoms. The summed E-state index contributed by atoms with van der Waals surface area (Å²) in [4.78, 5) is 32.1. The molecule has 2 heterocycles. The van der Waals surface area contributed by atoms with Crippen molar-refractivity contribution in [2.24, 2.45) is 0 Å². The van der Waals surface area contributed by atoms with Gasteiger partial charge in [0.2, 0.25) is 0 Å². The second-order valence-corrected chi connectivity index (χ2v) is 9.88. The minimum absolute atomic E-state index is 0.0289. The zero-order chi connectivity index (χ0) is 28.9. The molecule has 0 unspecified atom stereocenters. The van der Waals surface area contributed by atoms with Crippen molar-refractivity contribution < 1.29 is 29.3 Å².